The normalized spacial score (nSPS) is 24.3. The first-order chi connectivity index (χ1) is 8.54. The first-order valence-electron chi connectivity index (χ1n) is 7.02. The molecule has 0 aromatic carbocycles. The van der Waals surface area contributed by atoms with E-state index in [0.29, 0.717) is 6.54 Å². The van der Waals surface area contributed by atoms with Gasteiger partial charge in [-0.05, 0) is 19.8 Å². The van der Waals surface area contributed by atoms with Crippen molar-refractivity contribution in [2.24, 2.45) is 11.1 Å². The van der Waals surface area contributed by atoms with Gasteiger partial charge in [0.05, 0.1) is 0 Å². The van der Waals surface area contributed by atoms with Gasteiger partial charge in [0.1, 0.15) is 5.60 Å². The maximum Gasteiger partial charge on any atom is 0.185 e. The lowest BCUT2D eigenvalue weighted by Gasteiger charge is -2.48. The summed E-state index contributed by atoms with van der Waals surface area (Å²) in [6.45, 7) is 2.28. The van der Waals surface area contributed by atoms with E-state index in [0.717, 1.165) is 25.7 Å². The van der Waals surface area contributed by atoms with Crippen molar-refractivity contribution in [3.05, 3.63) is 0 Å². The largest absolute Gasteiger partial charge is 0.384 e. The number of hydrogen-bond donors (Lipinski definition) is 2. The van der Waals surface area contributed by atoms with E-state index in [1.54, 1.807) is 21.1 Å². The molecule has 4 nitrogen and oxygen atoms in total. The van der Waals surface area contributed by atoms with Crippen molar-refractivity contribution in [3.63, 3.8) is 0 Å². The molecule has 4 heteroatoms. The van der Waals surface area contributed by atoms with Gasteiger partial charge >= 0.3 is 0 Å². The molecule has 0 bridgehead atoms. The standard InChI is InChI=1S/C14H29NO3/c1-13(16,12(17-2)18-3)14(11-15)9-7-5-4-6-8-10-14/h12,16H,4-11,15H2,1-3H3. The van der Waals surface area contributed by atoms with Crippen LogP contribution in [-0.4, -0.2) is 37.8 Å². The maximum atomic E-state index is 10.9. The molecule has 108 valence electrons. The van der Waals surface area contributed by atoms with Crippen molar-refractivity contribution in [1.29, 1.82) is 0 Å². The highest BCUT2D eigenvalue weighted by Crippen LogP contribution is 2.44. The summed E-state index contributed by atoms with van der Waals surface area (Å²) in [5, 5.41) is 10.9. The predicted molar refractivity (Wildman–Crippen MR) is 72.2 cm³/mol. The molecule has 0 aromatic heterocycles. The van der Waals surface area contributed by atoms with Crippen LogP contribution in [0.15, 0.2) is 0 Å². The van der Waals surface area contributed by atoms with Crippen molar-refractivity contribution in [3.8, 4) is 0 Å². The second-order valence-corrected chi connectivity index (χ2v) is 5.70. The molecule has 1 unspecified atom stereocenters. The minimum Gasteiger partial charge on any atom is -0.384 e. The quantitative estimate of drug-likeness (QED) is 0.742. The van der Waals surface area contributed by atoms with Crippen LogP contribution in [0.2, 0.25) is 0 Å². The van der Waals surface area contributed by atoms with Crippen LogP contribution in [-0.2, 0) is 9.47 Å². The van der Waals surface area contributed by atoms with Crippen LogP contribution in [0.1, 0.15) is 51.9 Å². The van der Waals surface area contributed by atoms with Gasteiger partial charge in [0.15, 0.2) is 6.29 Å². The number of rotatable bonds is 5. The van der Waals surface area contributed by atoms with E-state index in [2.05, 4.69) is 0 Å². The van der Waals surface area contributed by atoms with Crippen LogP contribution >= 0.6 is 0 Å². The Morgan fingerprint density at radius 3 is 1.94 bits per heavy atom. The number of methoxy groups -OCH3 is 2. The van der Waals surface area contributed by atoms with Crippen molar-refractivity contribution in [2.75, 3.05) is 20.8 Å². The molecule has 1 atom stereocenters. The van der Waals surface area contributed by atoms with Gasteiger partial charge in [-0.15, -0.1) is 0 Å². The third-order valence-corrected chi connectivity index (χ3v) is 4.66. The summed E-state index contributed by atoms with van der Waals surface area (Å²) in [5.41, 5.74) is 4.67. The molecule has 1 aliphatic rings. The fourth-order valence-electron chi connectivity index (χ4n) is 3.30. The van der Waals surface area contributed by atoms with Crippen LogP contribution in [0, 0.1) is 5.41 Å². The van der Waals surface area contributed by atoms with Gasteiger partial charge < -0.3 is 20.3 Å². The number of hydrogen-bond acceptors (Lipinski definition) is 4. The van der Waals surface area contributed by atoms with Crippen molar-refractivity contribution in [2.45, 2.75) is 63.8 Å². The fraction of sp³-hybridized carbons (Fsp3) is 1.00. The summed E-state index contributed by atoms with van der Waals surface area (Å²) in [5.74, 6) is 0. The fourth-order valence-corrected chi connectivity index (χ4v) is 3.30. The average Bonchev–Trinajstić information content (AvgIpc) is 2.30. The molecule has 0 radical (unpaired) electrons. The molecule has 1 rings (SSSR count). The topological polar surface area (TPSA) is 64.7 Å². The van der Waals surface area contributed by atoms with E-state index in [1.807, 2.05) is 0 Å². The zero-order valence-electron chi connectivity index (χ0n) is 12.1. The summed E-state index contributed by atoms with van der Waals surface area (Å²) >= 11 is 0. The number of nitrogens with two attached hydrogens (primary N) is 1. The molecule has 3 N–H and O–H groups in total. The lowest BCUT2D eigenvalue weighted by atomic mass is 9.65. The van der Waals surface area contributed by atoms with E-state index in [4.69, 9.17) is 15.2 Å². The molecule has 0 aromatic rings. The highest BCUT2D eigenvalue weighted by molar-refractivity contribution is 4.99. The molecule has 1 saturated carbocycles. The molecule has 0 amide bonds. The van der Waals surface area contributed by atoms with Crippen LogP contribution in [0.5, 0.6) is 0 Å². The molecule has 1 fully saturated rings. The smallest absolute Gasteiger partial charge is 0.185 e. The molecule has 18 heavy (non-hydrogen) atoms. The van der Waals surface area contributed by atoms with Crippen LogP contribution in [0.3, 0.4) is 0 Å². The predicted octanol–water partition coefficient (Wildman–Crippen LogP) is 2.05. The van der Waals surface area contributed by atoms with Crippen molar-refractivity contribution >= 4 is 0 Å². The van der Waals surface area contributed by atoms with Crippen molar-refractivity contribution < 1.29 is 14.6 Å². The first kappa shape index (κ1) is 15.9. The van der Waals surface area contributed by atoms with Crippen LogP contribution < -0.4 is 5.73 Å². The van der Waals surface area contributed by atoms with E-state index in [-0.39, 0.29) is 5.41 Å². The van der Waals surface area contributed by atoms with Gasteiger partial charge in [0.25, 0.3) is 0 Å². The summed E-state index contributed by atoms with van der Waals surface area (Å²) in [6, 6.07) is 0. The molecular weight excluding hydrogens is 230 g/mol. The van der Waals surface area contributed by atoms with Gasteiger partial charge in [-0.1, -0.05) is 32.1 Å². The lowest BCUT2D eigenvalue weighted by molar-refractivity contribution is -0.253. The van der Waals surface area contributed by atoms with Gasteiger partial charge in [-0.3, -0.25) is 0 Å². The summed E-state index contributed by atoms with van der Waals surface area (Å²) in [4.78, 5) is 0. The number of ether oxygens (including phenoxy) is 2. The third-order valence-electron chi connectivity index (χ3n) is 4.66. The Bertz CT molecular complexity index is 231. The van der Waals surface area contributed by atoms with Gasteiger partial charge in [-0.25, -0.2) is 0 Å². The van der Waals surface area contributed by atoms with E-state index in [9.17, 15) is 5.11 Å². The van der Waals surface area contributed by atoms with E-state index >= 15 is 0 Å². The molecule has 0 aliphatic heterocycles. The SMILES string of the molecule is COC(OC)C(C)(O)C1(CN)CCCCCCC1. The maximum absolute atomic E-state index is 10.9. The van der Waals surface area contributed by atoms with Crippen molar-refractivity contribution in [1.82, 2.24) is 0 Å². The van der Waals surface area contributed by atoms with Gasteiger partial charge in [0, 0.05) is 26.2 Å². The molecule has 1 aliphatic carbocycles. The Morgan fingerprint density at radius 1 is 1.11 bits per heavy atom. The Labute approximate surface area is 111 Å². The average molecular weight is 259 g/mol. The van der Waals surface area contributed by atoms with Gasteiger partial charge in [0.2, 0.25) is 0 Å². The Morgan fingerprint density at radius 2 is 1.56 bits per heavy atom. The lowest BCUT2D eigenvalue weighted by Crippen LogP contribution is -2.58. The zero-order chi connectivity index (χ0) is 13.6. The monoisotopic (exact) mass is 259 g/mol. The van der Waals surface area contributed by atoms with Crippen LogP contribution in [0.4, 0.5) is 0 Å². The van der Waals surface area contributed by atoms with Gasteiger partial charge in [-0.2, -0.15) is 0 Å². The molecule has 0 spiro atoms. The molecule has 0 saturated heterocycles. The summed E-state index contributed by atoms with van der Waals surface area (Å²) in [7, 11) is 3.13. The third kappa shape index (κ3) is 3.05. The summed E-state index contributed by atoms with van der Waals surface area (Å²) < 4.78 is 10.6. The Balaban J connectivity index is 2.94. The Kier molecular flexibility index (Phi) is 6.05. The summed E-state index contributed by atoms with van der Waals surface area (Å²) in [6.07, 6.45) is 7.24. The molecule has 0 heterocycles. The Hall–Kier alpha value is -0.160. The zero-order valence-corrected chi connectivity index (χ0v) is 12.1. The highest BCUT2D eigenvalue weighted by atomic mass is 16.7. The minimum absolute atomic E-state index is 0.301. The first-order valence-corrected chi connectivity index (χ1v) is 7.02. The highest BCUT2D eigenvalue weighted by Gasteiger charge is 2.51. The second-order valence-electron chi connectivity index (χ2n) is 5.70. The number of aliphatic hydroxyl groups is 1. The van der Waals surface area contributed by atoms with E-state index < -0.39 is 11.9 Å². The molecular formula is C14H29NO3. The minimum atomic E-state index is -1.05. The van der Waals surface area contributed by atoms with E-state index in [1.165, 1.54) is 19.3 Å². The van der Waals surface area contributed by atoms with Crippen LogP contribution in [0.25, 0.3) is 0 Å². The second kappa shape index (κ2) is 6.85.